The van der Waals surface area contributed by atoms with Gasteiger partial charge in [-0.2, -0.15) is 0 Å². The molecule has 0 spiro atoms. The lowest BCUT2D eigenvalue weighted by molar-refractivity contribution is -0.138. The van der Waals surface area contributed by atoms with Gasteiger partial charge in [0, 0.05) is 23.0 Å². The molecule has 1 N–H and O–H groups in total. The Morgan fingerprint density at radius 3 is 2.56 bits per heavy atom. The van der Waals surface area contributed by atoms with E-state index in [0.29, 0.717) is 12.1 Å². The predicted octanol–water partition coefficient (Wildman–Crippen LogP) is 1.82. The summed E-state index contributed by atoms with van der Waals surface area (Å²) in [5, 5.41) is 8.88. The molecular formula is C12H18NO4S-. The first-order chi connectivity index (χ1) is 8.42. The third kappa shape index (κ3) is 3.00. The quantitative estimate of drug-likeness (QED) is 0.794. The number of nitrogens with zero attached hydrogens (tertiary/aromatic N) is 1. The summed E-state index contributed by atoms with van der Waals surface area (Å²) in [6, 6.07) is -0.339. The maximum absolute atomic E-state index is 11.3. The van der Waals surface area contributed by atoms with Crippen LogP contribution in [0.15, 0.2) is 23.4 Å². The molecule has 1 saturated heterocycles. The van der Waals surface area contributed by atoms with Gasteiger partial charge in [0.05, 0.1) is 6.42 Å². The summed E-state index contributed by atoms with van der Waals surface area (Å²) in [6.45, 7) is 5.36. The summed E-state index contributed by atoms with van der Waals surface area (Å²) in [5.74, 6) is -1.10. The van der Waals surface area contributed by atoms with Gasteiger partial charge in [0.2, 0.25) is 0 Å². The lowest BCUT2D eigenvalue weighted by Crippen LogP contribution is -2.44. The second-order valence-corrected chi connectivity index (χ2v) is 5.16. The molecule has 0 aromatic carbocycles. The second-order valence-electron chi connectivity index (χ2n) is 4.33. The van der Waals surface area contributed by atoms with E-state index in [1.807, 2.05) is 13.0 Å². The van der Waals surface area contributed by atoms with Crippen molar-refractivity contribution in [3.05, 3.63) is 23.4 Å². The third-order valence-electron chi connectivity index (χ3n) is 3.32. The molecule has 18 heavy (non-hydrogen) atoms. The van der Waals surface area contributed by atoms with Crippen LogP contribution < -0.4 is 0 Å². The second kappa shape index (κ2) is 6.15. The molecule has 1 aliphatic rings. The number of carbonyl (C=O) groups is 1. The SMILES string of the molecule is C/C=C1/C[C@@H](CC(=O)O)[C@@H](C)N(S(=O)[O-])/C1=C/C. The Labute approximate surface area is 110 Å². The average molecular weight is 272 g/mol. The van der Waals surface area contributed by atoms with Gasteiger partial charge in [-0.15, -0.1) is 0 Å². The van der Waals surface area contributed by atoms with E-state index in [2.05, 4.69) is 0 Å². The molecule has 1 heterocycles. The fraction of sp³-hybridized carbons (Fsp3) is 0.583. The molecule has 0 aliphatic carbocycles. The molecule has 0 amide bonds. The van der Waals surface area contributed by atoms with Gasteiger partial charge in [-0.05, 0) is 38.7 Å². The molecule has 1 rings (SSSR count). The number of allylic oxidation sites excluding steroid dienone is 3. The zero-order valence-corrected chi connectivity index (χ0v) is 11.6. The minimum absolute atomic E-state index is 0.0246. The number of aliphatic carboxylic acids is 1. The van der Waals surface area contributed by atoms with Crippen molar-refractivity contribution in [1.29, 1.82) is 0 Å². The predicted molar refractivity (Wildman–Crippen MR) is 68.1 cm³/mol. The zero-order chi connectivity index (χ0) is 13.9. The number of hydrogen-bond acceptors (Lipinski definition) is 3. The normalized spacial score (nSPS) is 30.8. The van der Waals surface area contributed by atoms with E-state index in [0.717, 1.165) is 5.57 Å². The Kier molecular flexibility index (Phi) is 5.10. The Balaban J connectivity index is 3.12. The molecule has 1 unspecified atom stereocenters. The molecule has 0 radical (unpaired) electrons. The van der Waals surface area contributed by atoms with Crippen LogP contribution in [0, 0.1) is 5.92 Å². The van der Waals surface area contributed by atoms with Crippen molar-refractivity contribution >= 4 is 17.2 Å². The van der Waals surface area contributed by atoms with Crippen LogP contribution in [0.25, 0.3) is 0 Å². The molecule has 3 atom stereocenters. The first-order valence-electron chi connectivity index (χ1n) is 5.84. The van der Waals surface area contributed by atoms with Crippen molar-refractivity contribution in [2.24, 2.45) is 5.92 Å². The maximum atomic E-state index is 11.3. The smallest absolute Gasteiger partial charge is 0.303 e. The van der Waals surface area contributed by atoms with E-state index >= 15 is 0 Å². The number of carboxylic acid groups (broad SMARTS) is 1. The minimum atomic E-state index is -2.39. The molecule has 1 aliphatic heterocycles. The van der Waals surface area contributed by atoms with Gasteiger partial charge in [0.15, 0.2) is 0 Å². The molecule has 6 heteroatoms. The van der Waals surface area contributed by atoms with Gasteiger partial charge in [0.25, 0.3) is 0 Å². The lowest BCUT2D eigenvalue weighted by Gasteiger charge is -2.43. The van der Waals surface area contributed by atoms with E-state index in [1.165, 1.54) is 4.31 Å². The van der Waals surface area contributed by atoms with Crippen molar-refractivity contribution in [3.63, 3.8) is 0 Å². The third-order valence-corrected chi connectivity index (χ3v) is 4.17. The summed E-state index contributed by atoms with van der Waals surface area (Å²) in [7, 11) is 0. The van der Waals surface area contributed by atoms with Crippen LogP contribution in [-0.4, -0.2) is 30.2 Å². The molecule has 0 bridgehead atoms. The largest absolute Gasteiger partial charge is 0.755 e. The van der Waals surface area contributed by atoms with Crippen molar-refractivity contribution in [2.75, 3.05) is 0 Å². The van der Waals surface area contributed by atoms with E-state index in [4.69, 9.17) is 5.11 Å². The Morgan fingerprint density at radius 1 is 1.56 bits per heavy atom. The highest BCUT2D eigenvalue weighted by atomic mass is 32.2. The van der Waals surface area contributed by atoms with Crippen LogP contribution in [0.4, 0.5) is 0 Å². The first kappa shape index (κ1) is 14.9. The highest BCUT2D eigenvalue weighted by Crippen LogP contribution is 2.36. The van der Waals surface area contributed by atoms with Gasteiger partial charge in [0.1, 0.15) is 0 Å². The number of hydrogen-bond donors (Lipinski definition) is 1. The maximum Gasteiger partial charge on any atom is 0.303 e. The van der Waals surface area contributed by atoms with E-state index in [1.54, 1.807) is 19.9 Å². The van der Waals surface area contributed by atoms with Crippen LogP contribution >= 0.6 is 0 Å². The summed E-state index contributed by atoms with van der Waals surface area (Å²) in [6.07, 6.45) is 4.16. The number of piperidine rings is 1. The molecule has 5 nitrogen and oxygen atoms in total. The highest BCUT2D eigenvalue weighted by molar-refractivity contribution is 7.76. The molecule has 0 saturated carbocycles. The molecular weight excluding hydrogens is 254 g/mol. The monoisotopic (exact) mass is 272 g/mol. The molecule has 1 fully saturated rings. The lowest BCUT2D eigenvalue weighted by atomic mass is 9.84. The number of rotatable bonds is 3. The Bertz CT molecular complexity index is 416. The van der Waals surface area contributed by atoms with Crippen molar-refractivity contribution < 1.29 is 18.7 Å². The average Bonchev–Trinajstić information content (AvgIpc) is 2.29. The summed E-state index contributed by atoms with van der Waals surface area (Å²) >= 11 is -2.39. The topological polar surface area (TPSA) is 80.7 Å². The van der Waals surface area contributed by atoms with Crippen LogP contribution in [0.5, 0.6) is 0 Å². The Hall–Kier alpha value is -1.14. The van der Waals surface area contributed by atoms with Crippen molar-refractivity contribution in [1.82, 2.24) is 4.31 Å². The van der Waals surface area contributed by atoms with E-state index in [9.17, 15) is 13.6 Å². The van der Waals surface area contributed by atoms with Crippen LogP contribution in [-0.2, 0) is 16.1 Å². The van der Waals surface area contributed by atoms with Gasteiger partial charge in [-0.3, -0.25) is 13.3 Å². The van der Waals surface area contributed by atoms with Crippen molar-refractivity contribution in [2.45, 2.75) is 39.7 Å². The zero-order valence-electron chi connectivity index (χ0n) is 10.8. The fourth-order valence-corrected chi connectivity index (χ4v) is 3.20. The summed E-state index contributed by atoms with van der Waals surface area (Å²) < 4.78 is 23.9. The molecule has 0 aromatic heterocycles. The Morgan fingerprint density at radius 2 is 2.17 bits per heavy atom. The van der Waals surface area contributed by atoms with Gasteiger partial charge < -0.3 is 9.66 Å². The van der Waals surface area contributed by atoms with E-state index < -0.39 is 17.2 Å². The van der Waals surface area contributed by atoms with Crippen LogP contribution in [0.2, 0.25) is 0 Å². The van der Waals surface area contributed by atoms with Crippen LogP contribution in [0.1, 0.15) is 33.6 Å². The fourth-order valence-electron chi connectivity index (χ4n) is 2.37. The highest BCUT2D eigenvalue weighted by Gasteiger charge is 2.34. The first-order valence-corrected chi connectivity index (χ1v) is 6.87. The standard InChI is InChI=1S/C12H19NO4S/c1-4-9-6-10(7-12(14)15)8(3)13(18(16)17)11(9)5-2/h4-5,8,10H,6-7H2,1-3H3,(H,14,15)(H,16,17)/p-1/b9-4-,11-5+/t8-,10+/m1/s1. The van der Waals surface area contributed by atoms with Gasteiger partial charge >= 0.3 is 5.97 Å². The minimum Gasteiger partial charge on any atom is -0.755 e. The summed E-state index contributed by atoms with van der Waals surface area (Å²) in [5.41, 5.74) is 1.53. The van der Waals surface area contributed by atoms with Crippen molar-refractivity contribution in [3.8, 4) is 0 Å². The molecule has 102 valence electrons. The molecule has 0 aromatic rings. The summed E-state index contributed by atoms with van der Waals surface area (Å²) in [4.78, 5) is 10.8. The van der Waals surface area contributed by atoms with E-state index in [-0.39, 0.29) is 18.4 Å². The van der Waals surface area contributed by atoms with Gasteiger partial charge in [-0.25, -0.2) is 0 Å². The number of carboxylic acids is 1. The van der Waals surface area contributed by atoms with Crippen LogP contribution in [0.3, 0.4) is 0 Å². The van der Waals surface area contributed by atoms with Gasteiger partial charge in [-0.1, -0.05) is 12.2 Å².